The van der Waals surface area contributed by atoms with Crippen molar-refractivity contribution in [2.24, 2.45) is 0 Å². The first-order valence-electron chi connectivity index (χ1n) is 10.3. The van der Waals surface area contributed by atoms with Crippen LogP contribution >= 0.6 is 11.6 Å². The Morgan fingerprint density at radius 2 is 1.74 bits per heavy atom. The molecule has 10 heteroatoms. The molecule has 176 valence electrons. The van der Waals surface area contributed by atoms with Gasteiger partial charge in [0.25, 0.3) is 17.7 Å². The van der Waals surface area contributed by atoms with E-state index >= 15 is 0 Å². The molecule has 0 radical (unpaired) electrons. The van der Waals surface area contributed by atoms with Crippen molar-refractivity contribution in [1.29, 1.82) is 0 Å². The van der Waals surface area contributed by atoms with E-state index in [1.165, 1.54) is 42.5 Å². The maximum absolute atomic E-state index is 12.9. The number of benzene rings is 3. The minimum atomic E-state index is -0.873. The van der Waals surface area contributed by atoms with Gasteiger partial charge in [0.1, 0.15) is 17.1 Å². The second-order valence-corrected chi connectivity index (χ2v) is 7.79. The molecule has 0 aromatic heterocycles. The summed E-state index contributed by atoms with van der Waals surface area (Å²) in [5.74, 6) is -2.09. The first-order chi connectivity index (χ1) is 16.8. The van der Waals surface area contributed by atoms with E-state index in [9.17, 15) is 23.6 Å². The Morgan fingerprint density at radius 3 is 2.43 bits per heavy atom. The van der Waals surface area contributed by atoms with Crippen LogP contribution in [0.3, 0.4) is 0 Å². The second kappa shape index (κ2) is 10.2. The van der Waals surface area contributed by atoms with Crippen molar-refractivity contribution in [3.8, 4) is 5.75 Å². The van der Waals surface area contributed by atoms with E-state index in [-0.39, 0.29) is 17.9 Å². The summed E-state index contributed by atoms with van der Waals surface area (Å²) < 4.78 is 18.4. The number of barbiturate groups is 1. The molecule has 8 nitrogen and oxygen atoms in total. The van der Waals surface area contributed by atoms with Crippen molar-refractivity contribution >= 4 is 52.8 Å². The largest absolute Gasteiger partial charge is 0.484 e. The fourth-order valence-corrected chi connectivity index (χ4v) is 3.40. The van der Waals surface area contributed by atoms with Gasteiger partial charge in [-0.15, -0.1) is 0 Å². The van der Waals surface area contributed by atoms with Crippen LogP contribution in [-0.4, -0.2) is 30.4 Å². The zero-order chi connectivity index (χ0) is 24.9. The van der Waals surface area contributed by atoms with Crippen LogP contribution in [0.25, 0.3) is 6.08 Å². The third kappa shape index (κ3) is 5.71. The van der Waals surface area contributed by atoms with Crippen molar-refractivity contribution in [2.45, 2.75) is 0 Å². The number of carbonyl (C=O) groups excluding carboxylic acids is 4. The Balaban J connectivity index is 1.43. The SMILES string of the molecule is O=C(COc1ccc(C=C2C(=O)NC(=O)N(c3cccc(Cl)c3)C2=O)cc1)Nc1ccc(F)cc1. The number of hydrogen-bond acceptors (Lipinski definition) is 5. The zero-order valence-electron chi connectivity index (χ0n) is 18.0. The summed E-state index contributed by atoms with van der Waals surface area (Å²) in [6, 6.07) is 16.9. The summed E-state index contributed by atoms with van der Waals surface area (Å²) in [5.41, 5.74) is 0.910. The zero-order valence-corrected chi connectivity index (χ0v) is 18.7. The third-order valence-corrected chi connectivity index (χ3v) is 5.09. The van der Waals surface area contributed by atoms with E-state index < -0.39 is 29.6 Å². The van der Waals surface area contributed by atoms with Crippen LogP contribution in [0.5, 0.6) is 5.75 Å². The van der Waals surface area contributed by atoms with Crippen LogP contribution in [-0.2, 0) is 14.4 Å². The topological polar surface area (TPSA) is 105 Å². The number of carbonyl (C=O) groups is 4. The molecule has 1 aliphatic heterocycles. The molecule has 2 N–H and O–H groups in total. The molecular weight excluding hydrogens is 477 g/mol. The van der Waals surface area contributed by atoms with Crippen LogP contribution in [0, 0.1) is 5.82 Å². The summed E-state index contributed by atoms with van der Waals surface area (Å²) in [6.45, 7) is -0.282. The lowest BCUT2D eigenvalue weighted by atomic mass is 10.1. The fraction of sp³-hybridized carbons (Fsp3) is 0.0400. The van der Waals surface area contributed by atoms with E-state index in [2.05, 4.69) is 10.6 Å². The highest BCUT2D eigenvalue weighted by atomic mass is 35.5. The molecule has 0 saturated carbocycles. The van der Waals surface area contributed by atoms with Crippen LogP contribution < -0.4 is 20.3 Å². The summed E-state index contributed by atoms with van der Waals surface area (Å²) >= 11 is 5.96. The van der Waals surface area contributed by atoms with Gasteiger partial charge in [-0.2, -0.15) is 0 Å². The molecule has 0 spiro atoms. The predicted molar refractivity (Wildman–Crippen MR) is 127 cm³/mol. The highest BCUT2D eigenvalue weighted by Gasteiger charge is 2.36. The molecule has 1 heterocycles. The maximum Gasteiger partial charge on any atom is 0.335 e. The van der Waals surface area contributed by atoms with Gasteiger partial charge in [-0.05, 0) is 66.2 Å². The molecule has 3 aromatic carbocycles. The van der Waals surface area contributed by atoms with Gasteiger partial charge in [0.15, 0.2) is 6.61 Å². The van der Waals surface area contributed by atoms with Gasteiger partial charge < -0.3 is 10.1 Å². The summed E-state index contributed by atoms with van der Waals surface area (Å²) in [5, 5.41) is 5.04. The van der Waals surface area contributed by atoms with E-state index in [1.807, 2.05) is 0 Å². The molecule has 1 saturated heterocycles. The van der Waals surface area contributed by atoms with E-state index in [0.717, 1.165) is 4.90 Å². The number of nitrogens with one attached hydrogen (secondary N) is 2. The first-order valence-corrected chi connectivity index (χ1v) is 10.6. The molecule has 35 heavy (non-hydrogen) atoms. The number of nitrogens with zero attached hydrogens (tertiary/aromatic N) is 1. The molecule has 0 atom stereocenters. The smallest absolute Gasteiger partial charge is 0.335 e. The van der Waals surface area contributed by atoms with Gasteiger partial charge in [-0.3, -0.25) is 19.7 Å². The molecule has 0 aliphatic carbocycles. The number of rotatable bonds is 6. The van der Waals surface area contributed by atoms with Crippen molar-refractivity contribution < 1.29 is 28.3 Å². The summed E-state index contributed by atoms with van der Waals surface area (Å²) in [4.78, 5) is 50.3. The predicted octanol–water partition coefficient (Wildman–Crippen LogP) is 4.16. The third-order valence-electron chi connectivity index (χ3n) is 4.86. The monoisotopic (exact) mass is 493 g/mol. The molecular formula is C25H17ClFN3O5. The summed E-state index contributed by atoms with van der Waals surface area (Å²) in [6.07, 6.45) is 1.34. The lowest BCUT2D eigenvalue weighted by molar-refractivity contribution is -0.122. The molecule has 4 rings (SSSR count). The number of halogens is 2. The van der Waals surface area contributed by atoms with Gasteiger partial charge in [-0.1, -0.05) is 29.8 Å². The van der Waals surface area contributed by atoms with Crippen LogP contribution in [0.15, 0.2) is 78.4 Å². The van der Waals surface area contributed by atoms with Gasteiger partial charge >= 0.3 is 6.03 Å². The van der Waals surface area contributed by atoms with E-state index in [1.54, 1.807) is 36.4 Å². The van der Waals surface area contributed by atoms with Crippen molar-refractivity contribution in [1.82, 2.24) is 5.32 Å². The highest BCUT2D eigenvalue weighted by Crippen LogP contribution is 2.25. The van der Waals surface area contributed by atoms with Gasteiger partial charge in [-0.25, -0.2) is 14.1 Å². The van der Waals surface area contributed by atoms with Crippen LogP contribution in [0.1, 0.15) is 5.56 Å². The fourth-order valence-electron chi connectivity index (χ4n) is 3.21. The average molecular weight is 494 g/mol. The molecule has 5 amide bonds. The van der Waals surface area contributed by atoms with Crippen LogP contribution in [0.4, 0.5) is 20.6 Å². The Morgan fingerprint density at radius 1 is 1.03 bits per heavy atom. The number of imide groups is 2. The standard InChI is InChI=1S/C25H17ClFN3O5/c26-16-2-1-3-19(13-16)30-24(33)21(23(32)29-25(30)34)12-15-4-10-20(11-5-15)35-14-22(31)28-18-8-6-17(27)7-9-18/h1-13H,14H2,(H,28,31)(H,29,32,34). The number of anilines is 2. The first kappa shape index (κ1) is 23.7. The van der Waals surface area contributed by atoms with E-state index in [4.69, 9.17) is 16.3 Å². The van der Waals surface area contributed by atoms with Crippen molar-refractivity contribution in [2.75, 3.05) is 16.8 Å². The number of hydrogen-bond donors (Lipinski definition) is 2. The molecule has 0 bridgehead atoms. The molecule has 1 fully saturated rings. The lowest BCUT2D eigenvalue weighted by Crippen LogP contribution is -2.54. The minimum Gasteiger partial charge on any atom is -0.484 e. The van der Waals surface area contributed by atoms with Crippen molar-refractivity contribution in [3.05, 3.63) is 94.8 Å². The van der Waals surface area contributed by atoms with Gasteiger partial charge in [0.05, 0.1) is 5.69 Å². The summed E-state index contributed by atoms with van der Waals surface area (Å²) in [7, 11) is 0. The second-order valence-electron chi connectivity index (χ2n) is 7.35. The van der Waals surface area contributed by atoms with Gasteiger partial charge in [0, 0.05) is 10.7 Å². The maximum atomic E-state index is 12.9. The van der Waals surface area contributed by atoms with Gasteiger partial charge in [0.2, 0.25) is 0 Å². The normalized spacial score (nSPS) is 14.6. The minimum absolute atomic E-state index is 0.223. The highest BCUT2D eigenvalue weighted by molar-refractivity contribution is 6.39. The van der Waals surface area contributed by atoms with E-state index in [0.29, 0.717) is 22.0 Å². The Kier molecular flexibility index (Phi) is 6.88. The molecule has 3 aromatic rings. The van der Waals surface area contributed by atoms with Crippen molar-refractivity contribution in [3.63, 3.8) is 0 Å². The number of urea groups is 1. The van der Waals surface area contributed by atoms with Crippen LogP contribution in [0.2, 0.25) is 5.02 Å². The molecule has 1 aliphatic rings. The Hall–Kier alpha value is -4.50. The number of amides is 5. The quantitative estimate of drug-likeness (QED) is 0.396. The Bertz CT molecular complexity index is 1340. The lowest BCUT2D eigenvalue weighted by Gasteiger charge is -2.26. The molecule has 0 unspecified atom stereocenters. The Labute approximate surface area is 203 Å². The average Bonchev–Trinajstić information content (AvgIpc) is 2.82. The number of ether oxygens (including phenoxy) is 1.